The number of ether oxygens (including phenoxy) is 1. The second-order valence-electron chi connectivity index (χ2n) is 5.09. The molecule has 0 aliphatic rings. The van der Waals surface area contributed by atoms with Gasteiger partial charge < -0.3 is 4.74 Å². The van der Waals surface area contributed by atoms with Gasteiger partial charge in [0.1, 0.15) is 17.3 Å². The molecule has 0 aromatic heterocycles. The Morgan fingerprint density at radius 3 is 2.57 bits per heavy atom. The molecular weight excluding hydrogens is 297 g/mol. The van der Waals surface area contributed by atoms with E-state index >= 15 is 0 Å². The molecule has 23 heavy (non-hydrogen) atoms. The molecule has 0 bridgehead atoms. The van der Waals surface area contributed by atoms with Crippen molar-refractivity contribution in [2.75, 3.05) is 0 Å². The van der Waals surface area contributed by atoms with Crippen molar-refractivity contribution in [3.8, 4) is 11.5 Å². The van der Waals surface area contributed by atoms with Crippen LogP contribution in [0, 0.1) is 5.82 Å². The van der Waals surface area contributed by atoms with Crippen LogP contribution in [0.2, 0.25) is 0 Å². The predicted octanol–water partition coefficient (Wildman–Crippen LogP) is 4.26. The fraction of sp³-hybridized carbons (Fsp3) is 0.167. The van der Waals surface area contributed by atoms with Crippen molar-refractivity contribution in [2.24, 2.45) is 0 Å². The minimum absolute atomic E-state index is 0.318. The van der Waals surface area contributed by atoms with E-state index in [4.69, 9.17) is 4.74 Å². The van der Waals surface area contributed by atoms with Gasteiger partial charge in [0.25, 0.3) is 0 Å². The first-order valence-electron chi connectivity index (χ1n) is 7.16. The van der Waals surface area contributed by atoms with E-state index in [0.29, 0.717) is 16.6 Å². The van der Waals surface area contributed by atoms with Gasteiger partial charge in [0.05, 0.1) is 6.04 Å². The number of hydroxylamine groups is 2. The van der Waals surface area contributed by atoms with E-state index in [9.17, 15) is 14.4 Å². The summed E-state index contributed by atoms with van der Waals surface area (Å²) in [6.45, 7) is 3.00. The van der Waals surface area contributed by atoms with E-state index in [2.05, 4.69) is 0 Å². The molecule has 0 unspecified atom stereocenters. The lowest BCUT2D eigenvalue weighted by atomic mass is 10.1. The van der Waals surface area contributed by atoms with Gasteiger partial charge in [-0.2, -0.15) is 0 Å². The van der Waals surface area contributed by atoms with Gasteiger partial charge in [-0.05, 0) is 48.9 Å². The number of amides is 1. The van der Waals surface area contributed by atoms with Crippen molar-refractivity contribution < 1.29 is 19.1 Å². The lowest BCUT2D eigenvalue weighted by molar-refractivity contribution is -0.167. The maximum absolute atomic E-state index is 12.9. The smallest absolute Gasteiger partial charge is 0.243 e. The summed E-state index contributed by atoms with van der Waals surface area (Å²) < 4.78 is 18.5. The number of halogens is 1. The molecule has 0 spiro atoms. The van der Waals surface area contributed by atoms with Crippen molar-refractivity contribution in [3.63, 3.8) is 0 Å². The Kier molecular flexibility index (Phi) is 5.49. The van der Waals surface area contributed by atoms with Crippen LogP contribution in [0.1, 0.15) is 19.4 Å². The summed E-state index contributed by atoms with van der Waals surface area (Å²) in [6, 6.07) is 12.6. The minimum atomic E-state index is -0.436. The van der Waals surface area contributed by atoms with Crippen LogP contribution in [0.5, 0.6) is 11.5 Å². The van der Waals surface area contributed by atoms with Crippen LogP contribution in [-0.4, -0.2) is 22.2 Å². The number of rotatable bonds is 5. The average Bonchev–Trinajstić information content (AvgIpc) is 2.54. The Labute approximate surface area is 134 Å². The van der Waals surface area contributed by atoms with Crippen LogP contribution < -0.4 is 4.74 Å². The number of hydrogen-bond donors (Lipinski definition) is 1. The van der Waals surface area contributed by atoms with Crippen LogP contribution in [-0.2, 0) is 4.79 Å². The van der Waals surface area contributed by atoms with Crippen LogP contribution in [0.4, 0.5) is 4.39 Å². The molecule has 0 radical (unpaired) electrons. The number of benzene rings is 2. The quantitative estimate of drug-likeness (QED) is 0.662. The van der Waals surface area contributed by atoms with Crippen LogP contribution >= 0.6 is 0 Å². The highest BCUT2D eigenvalue weighted by Crippen LogP contribution is 2.23. The molecule has 0 saturated carbocycles. The second-order valence-corrected chi connectivity index (χ2v) is 5.09. The van der Waals surface area contributed by atoms with E-state index in [0.717, 1.165) is 5.56 Å². The summed E-state index contributed by atoms with van der Waals surface area (Å²) in [6.07, 6.45) is 3.49. The third-order valence-corrected chi connectivity index (χ3v) is 3.18. The van der Waals surface area contributed by atoms with Crippen molar-refractivity contribution in [1.82, 2.24) is 5.06 Å². The van der Waals surface area contributed by atoms with Gasteiger partial charge in [0.2, 0.25) is 5.91 Å². The zero-order chi connectivity index (χ0) is 16.8. The fourth-order valence-electron chi connectivity index (χ4n) is 1.94. The first-order chi connectivity index (χ1) is 11.0. The van der Waals surface area contributed by atoms with Gasteiger partial charge >= 0.3 is 0 Å². The first-order valence-corrected chi connectivity index (χ1v) is 7.16. The molecule has 1 amide bonds. The van der Waals surface area contributed by atoms with E-state index in [1.54, 1.807) is 37.3 Å². The van der Waals surface area contributed by atoms with E-state index in [1.165, 1.54) is 19.1 Å². The Morgan fingerprint density at radius 2 is 1.91 bits per heavy atom. The molecule has 4 nitrogen and oxygen atoms in total. The maximum Gasteiger partial charge on any atom is 0.243 e. The molecule has 120 valence electrons. The zero-order valence-electron chi connectivity index (χ0n) is 12.9. The highest BCUT2D eigenvalue weighted by atomic mass is 19.1. The minimum Gasteiger partial charge on any atom is -0.457 e. The zero-order valence-corrected chi connectivity index (χ0v) is 12.9. The van der Waals surface area contributed by atoms with Crippen LogP contribution in [0.15, 0.2) is 54.6 Å². The monoisotopic (exact) mass is 315 g/mol. The molecule has 0 aliphatic heterocycles. The van der Waals surface area contributed by atoms with Gasteiger partial charge in [-0.25, -0.2) is 9.45 Å². The summed E-state index contributed by atoms with van der Waals surface area (Å²) in [4.78, 5) is 11.1. The van der Waals surface area contributed by atoms with E-state index < -0.39 is 11.9 Å². The number of carbonyl (C=O) groups is 1. The topological polar surface area (TPSA) is 49.8 Å². The van der Waals surface area contributed by atoms with Crippen LogP contribution in [0.3, 0.4) is 0 Å². The lowest BCUT2D eigenvalue weighted by Crippen LogP contribution is -2.32. The van der Waals surface area contributed by atoms with Crippen molar-refractivity contribution in [2.45, 2.75) is 19.9 Å². The van der Waals surface area contributed by atoms with Gasteiger partial charge in [-0.15, -0.1) is 0 Å². The maximum atomic E-state index is 12.9. The predicted molar refractivity (Wildman–Crippen MR) is 85.7 cm³/mol. The summed E-state index contributed by atoms with van der Waals surface area (Å²) in [5.41, 5.74) is 0.855. The number of nitrogens with zero attached hydrogens (tertiary/aromatic N) is 1. The molecule has 1 atom stereocenters. The third-order valence-electron chi connectivity index (χ3n) is 3.18. The Morgan fingerprint density at radius 1 is 1.22 bits per heavy atom. The van der Waals surface area contributed by atoms with Crippen LogP contribution in [0.25, 0.3) is 6.08 Å². The molecule has 0 aliphatic carbocycles. The Hall–Kier alpha value is -2.66. The molecule has 5 heteroatoms. The van der Waals surface area contributed by atoms with Gasteiger partial charge in [0.15, 0.2) is 0 Å². The van der Waals surface area contributed by atoms with Crippen molar-refractivity contribution in [3.05, 3.63) is 66.0 Å². The molecular formula is C18H18FNO3. The molecule has 2 rings (SSSR count). The lowest BCUT2D eigenvalue weighted by Gasteiger charge is -2.17. The fourth-order valence-corrected chi connectivity index (χ4v) is 1.94. The van der Waals surface area contributed by atoms with Crippen molar-refractivity contribution >= 4 is 12.0 Å². The third kappa shape index (κ3) is 4.93. The molecule has 1 N–H and O–H groups in total. The summed E-state index contributed by atoms with van der Waals surface area (Å²) >= 11 is 0. The van der Waals surface area contributed by atoms with Gasteiger partial charge in [-0.3, -0.25) is 10.0 Å². The number of hydrogen-bond acceptors (Lipinski definition) is 3. The normalized spacial score (nSPS) is 12.2. The molecule has 0 fully saturated rings. The Bertz CT molecular complexity index is 698. The molecule has 0 saturated heterocycles. The molecule has 0 heterocycles. The van der Waals surface area contributed by atoms with Crippen molar-refractivity contribution in [1.29, 1.82) is 0 Å². The second kappa shape index (κ2) is 7.56. The summed E-state index contributed by atoms with van der Waals surface area (Å²) in [5, 5.41) is 10.2. The van der Waals surface area contributed by atoms with E-state index in [1.807, 2.05) is 18.2 Å². The molecule has 2 aromatic carbocycles. The summed E-state index contributed by atoms with van der Waals surface area (Å²) in [5.74, 6) is 0.412. The number of carbonyl (C=O) groups excluding carboxylic acids is 1. The van der Waals surface area contributed by atoms with E-state index in [-0.39, 0.29) is 5.82 Å². The Balaban J connectivity index is 2.07. The first kappa shape index (κ1) is 16.7. The largest absolute Gasteiger partial charge is 0.457 e. The highest BCUT2D eigenvalue weighted by molar-refractivity contribution is 5.72. The standard InChI is InChI=1S/C18H18FNO3/c1-13(20(22)14(2)21)6-7-15-4-3-5-18(12-15)23-17-10-8-16(19)9-11-17/h3-13,22H,1-2H3/b7-6+/t13-/m0/s1. The summed E-state index contributed by atoms with van der Waals surface area (Å²) in [7, 11) is 0. The molecule has 2 aromatic rings. The highest BCUT2D eigenvalue weighted by Gasteiger charge is 2.10. The van der Waals surface area contributed by atoms with Gasteiger partial charge in [0, 0.05) is 6.92 Å². The van der Waals surface area contributed by atoms with Gasteiger partial charge in [-0.1, -0.05) is 24.3 Å². The SMILES string of the molecule is CC(=O)N(O)[C@@H](C)/C=C/c1cccc(Oc2ccc(F)cc2)c1. The average molecular weight is 315 g/mol.